The highest BCUT2D eigenvalue weighted by molar-refractivity contribution is 5.49. The minimum Gasteiger partial charge on any atom is -1.00 e. The Morgan fingerprint density at radius 1 is 1.00 bits per heavy atom. The topological polar surface area (TPSA) is 45.2 Å². The molecule has 154 valence electrons. The fourth-order valence-corrected chi connectivity index (χ4v) is 3.48. The Balaban J connectivity index is 0.00000280. The average Bonchev–Trinajstić information content (AvgIpc) is 2.68. The Hall–Kier alpha value is -1.95. The fourth-order valence-electron chi connectivity index (χ4n) is 3.48. The number of aryl methyl sites for hydroxylation is 2. The van der Waals surface area contributed by atoms with Gasteiger partial charge in [-0.2, -0.15) is 0 Å². The number of nitrogens with zero attached hydrogens (tertiary/aromatic N) is 2. The van der Waals surface area contributed by atoms with E-state index >= 15 is 0 Å². The Morgan fingerprint density at radius 2 is 1.68 bits per heavy atom. The lowest BCUT2D eigenvalue weighted by Gasteiger charge is -2.36. The van der Waals surface area contributed by atoms with E-state index in [1.807, 2.05) is 31.2 Å². The van der Waals surface area contributed by atoms with Gasteiger partial charge in [0.05, 0.1) is 7.11 Å². The number of ether oxygens (including phenoxy) is 2. The zero-order valence-electron chi connectivity index (χ0n) is 16.9. The van der Waals surface area contributed by atoms with Crippen molar-refractivity contribution >= 4 is 5.69 Å². The zero-order chi connectivity index (χ0) is 19.2. The van der Waals surface area contributed by atoms with Crippen LogP contribution < -0.4 is 26.8 Å². The molecular formula is C22H30ClN2O3-. The molecule has 1 fully saturated rings. The summed E-state index contributed by atoms with van der Waals surface area (Å²) >= 11 is 0. The SMILES string of the molecule is COc1ccc(N2CCN(CC(O)COc3ccc(C)cc3C)CC2)cc1.[Cl-]. The lowest BCUT2D eigenvalue weighted by molar-refractivity contribution is -0.00000825. The van der Waals surface area contributed by atoms with Crippen LogP contribution in [0.25, 0.3) is 0 Å². The van der Waals surface area contributed by atoms with E-state index in [1.54, 1.807) is 7.11 Å². The number of methoxy groups -OCH3 is 1. The summed E-state index contributed by atoms with van der Waals surface area (Å²) < 4.78 is 11.0. The molecule has 3 rings (SSSR count). The summed E-state index contributed by atoms with van der Waals surface area (Å²) in [6, 6.07) is 14.3. The van der Waals surface area contributed by atoms with Gasteiger partial charge in [-0.15, -0.1) is 0 Å². The Bertz CT molecular complexity index is 731. The van der Waals surface area contributed by atoms with Crippen LogP contribution in [-0.4, -0.2) is 62.6 Å². The first-order chi connectivity index (χ1) is 13.0. The first-order valence-corrected chi connectivity index (χ1v) is 9.54. The van der Waals surface area contributed by atoms with Crippen LogP contribution in [-0.2, 0) is 0 Å². The molecule has 5 nitrogen and oxygen atoms in total. The molecule has 0 aliphatic carbocycles. The van der Waals surface area contributed by atoms with Crippen LogP contribution in [0.15, 0.2) is 42.5 Å². The highest BCUT2D eigenvalue weighted by atomic mass is 35.5. The number of halogens is 1. The summed E-state index contributed by atoms with van der Waals surface area (Å²) in [5.41, 5.74) is 3.54. The molecule has 2 aromatic carbocycles. The summed E-state index contributed by atoms with van der Waals surface area (Å²) in [5, 5.41) is 10.4. The largest absolute Gasteiger partial charge is 1.00 e. The lowest BCUT2D eigenvalue weighted by Crippen LogP contribution is -3.00. The maximum absolute atomic E-state index is 10.4. The van der Waals surface area contributed by atoms with E-state index in [0.717, 1.165) is 43.2 Å². The average molecular weight is 406 g/mol. The van der Waals surface area contributed by atoms with E-state index < -0.39 is 6.10 Å². The lowest BCUT2D eigenvalue weighted by atomic mass is 10.1. The van der Waals surface area contributed by atoms with Gasteiger partial charge in [-0.05, 0) is 49.7 Å². The third-order valence-corrected chi connectivity index (χ3v) is 5.04. The number of rotatable bonds is 7. The smallest absolute Gasteiger partial charge is 0.122 e. The van der Waals surface area contributed by atoms with E-state index in [0.29, 0.717) is 13.2 Å². The second-order valence-corrected chi connectivity index (χ2v) is 7.22. The van der Waals surface area contributed by atoms with Gasteiger partial charge in [-0.1, -0.05) is 17.7 Å². The number of benzene rings is 2. The zero-order valence-corrected chi connectivity index (χ0v) is 17.7. The Labute approximate surface area is 174 Å². The van der Waals surface area contributed by atoms with E-state index in [1.165, 1.54) is 11.3 Å². The van der Waals surface area contributed by atoms with E-state index in [9.17, 15) is 5.11 Å². The normalized spacial score (nSPS) is 15.6. The van der Waals surface area contributed by atoms with Crippen LogP contribution >= 0.6 is 0 Å². The second kappa shape index (κ2) is 10.6. The summed E-state index contributed by atoms with van der Waals surface area (Å²) in [6.07, 6.45) is -0.488. The van der Waals surface area contributed by atoms with Gasteiger partial charge in [-0.3, -0.25) is 4.90 Å². The number of hydrogen-bond acceptors (Lipinski definition) is 5. The molecule has 1 saturated heterocycles. The number of aliphatic hydroxyl groups excluding tert-OH is 1. The molecule has 28 heavy (non-hydrogen) atoms. The van der Waals surface area contributed by atoms with E-state index in [-0.39, 0.29) is 12.4 Å². The van der Waals surface area contributed by atoms with Crippen molar-refractivity contribution in [2.24, 2.45) is 0 Å². The quantitative estimate of drug-likeness (QED) is 0.695. The van der Waals surface area contributed by atoms with Crippen LogP contribution in [0, 0.1) is 13.8 Å². The van der Waals surface area contributed by atoms with Crippen molar-refractivity contribution in [3.05, 3.63) is 53.6 Å². The number of β-amino-alcohol motifs (C(OH)–C–C–N with tert-alkyl or cyclic N) is 1. The van der Waals surface area contributed by atoms with Crippen molar-refractivity contribution in [1.29, 1.82) is 0 Å². The molecule has 1 heterocycles. The third-order valence-electron chi connectivity index (χ3n) is 5.04. The maximum Gasteiger partial charge on any atom is 0.122 e. The molecule has 0 amide bonds. The van der Waals surface area contributed by atoms with Crippen molar-refractivity contribution in [1.82, 2.24) is 4.90 Å². The van der Waals surface area contributed by atoms with Crippen LogP contribution in [0.1, 0.15) is 11.1 Å². The van der Waals surface area contributed by atoms with Crippen LogP contribution in [0.3, 0.4) is 0 Å². The van der Waals surface area contributed by atoms with Crippen molar-refractivity contribution in [3.63, 3.8) is 0 Å². The molecule has 0 bridgehead atoms. The van der Waals surface area contributed by atoms with Crippen LogP contribution in [0.2, 0.25) is 0 Å². The van der Waals surface area contributed by atoms with Crippen molar-refractivity contribution in [2.45, 2.75) is 20.0 Å². The number of anilines is 1. The molecular weight excluding hydrogens is 376 g/mol. The first-order valence-electron chi connectivity index (χ1n) is 9.54. The van der Waals surface area contributed by atoms with Gasteiger partial charge in [0.25, 0.3) is 0 Å². The molecule has 0 saturated carbocycles. The van der Waals surface area contributed by atoms with Gasteiger partial charge in [0.15, 0.2) is 0 Å². The van der Waals surface area contributed by atoms with Gasteiger partial charge < -0.3 is 31.9 Å². The van der Waals surface area contributed by atoms with Gasteiger partial charge in [0, 0.05) is 38.4 Å². The van der Waals surface area contributed by atoms with Crippen LogP contribution in [0.5, 0.6) is 11.5 Å². The third kappa shape index (κ3) is 6.03. The van der Waals surface area contributed by atoms with Crippen molar-refractivity contribution in [3.8, 4) is 11.5 Å². The van der Waals surface area contributed by atoms with Gasteiger partial charge in [-0.25, -0.2) is 0 Å². The predicted molar refractivity (Wildman–Crippen MR) is 109 cm³/mol. The number of piperazine rings is 1. The summed E-state index contributed by atoms with van der Waals surface area (Å²) in [4.78, 5) is 4.67. The first kappa shape index (κ1) is 22.3. The second-order valence-electron chi connectivity index (χ2n) is 7.22. The van der Waals surface area contributed by atoms with Crippen LogP contribution in [0.4, 0.5) is 5.69 Å². The molecule has 0 radical (unpaired) electrons. The molecule has 0 spiro atoms. The van der Waals surface area contributed by atoms with E-state index in [4.69, 9.17) is 9.47 Å². The van der Waals surface area contributed by atoms with Gasteiger partial charge >= 0.3 is 0 Å². The highest BCUT2D eigenvalue weighted by Gasteiger charge is 2.20. The minimum absolute atomic E-state index is 0. The summed E-state index contributed by atoms with van der Waals surface area (Å²) in [7, 11) is 1.68. The standard InChI is InChI=1S/C22H30N2O3.ClH/c1-17-4-9-22(18(2)14-17)27-16-20(25)15-23-10-12-24(13-11-23)19-5-7-21(26-3)8-6-19;/h4-9,14,20,25H,10-13,15-16H2,1-3H3;1H/p-1. The minimum atomic E-state index is -0.488. The molecule has 1 aliphatic heterocycles. The number of aliphatic hydroxyl groups is 1. The molecule has 0 aromatic heterocycles. The Kier molecular flexibility index (Phi) is 8.42. The highest BCUT2D eigenvalue weighted by Crippen LogP contribution is 2.21. The molecule has 1 aliphatic rings. The van der Waals surface area contributed by atoms with Crippen molar-refractivity contribution in [2.75, 3.05) is 51.3 Å². The van der Waals surface area contributed by atoms with Gasteiger partial charge in [0.1, 0.15) is 24.2 Å². The maximum atomic E-state index is 10.4. The molecule has 2 aromatic rings. The number of hydrogen-bond donors (Lipinski definition) is 1. The van der Waals surface area contributed by atoms with E-state index in [2.05, 4.69) is 34.9 Å². The fraction of sp³-hybridized carbons (Fsp3) is 0.455. The van der Waals surface area contributed by atoms with Crippen molar-refractivity contribution < 1.29 is 27.0 Å². The molecule has 1 N–H and O–H groups in total. The molecule has 1 atom stereocenters. The molecule has 6 heteroatoms. The summed E-state index contributed by atoms with van der Waals surface area (Å²) in [5.74, 6) is 1.73. The van der Waals surface area contributed by atoms with Gasteiger partial charge in [0.2, 0.25) is 0 Å². The molecule has 1 unspecified atom stereocenters. The monoisotopic (exact) mass is 405 g/mol. The predicted octanol–water partition coefficient (Wildman–Crippen LogP) is -0.122. The Morgan fingerprint density at radius 3 is 2.29 bits per heavy atom. The summed E-state index contributed by atoms with van der Waals surface area (Å²) in [6.45, 7) is 8.85.